The Morgan fingerprint density at radius 1 is 1.69 bits per heavy atom. The van der Waals surface area contributed by atoms with Crippen LogP contribution in [0.15, 0.2) is 28.3 Å². The van der Waals surface area contributed by atoms with Gasteiger partial charge in [0.15, 0.2) is 0 Å². The number of thiophene rings is 1. The molecule has 0 unspecified atom stereocenters. The van der Waals surface area contributed by atoms with Crippen LogP contribution in [0, 0.1) is 6.92 Å². The quantitative estimate of drug-likeness (QED) is 0.722. The Kier molecular flexibility index (Phi) is 3.52. The van der Waals surface area contributed by atoms with E-state index in [0.29, 0.717) is 0 Å². The lowest BCUT2D eigenvalue weighted by Crippen LogP contribution is -2.08. The third-order valence-electron chi connectivity index (χ3n) is 1.54. The molecule has 0 aliphatic heterocycles. The zero-order chi connectivity index (χ0) is 9.68. The molecule has 1 aromatic rings. The maximum Gasteiger partial charge on any atom is 0.0740 e. The molecular formula is C9H13N3S. The van der Waals surface area contributed by atoms with Crippen molar-refractivity contribution in [3.63, 3.8) is 0 Å². The van der Waals surface area contributed by atoms with Crippen molar-refractivity contribution in [1.29, 1.82) is 0 Å². The molecule has 3 N–H and O–H groups in total. The molecule has 0 aliphatic rings. The van der Waals surface area contributed by atoms with Crippen LogP contribution in [-0.2, 0) is 0 Å². The average molecular weight is 195 g/mol. The molecule has 0 atom stereocenters. The summed E-state index contributed by atoms with van der Waals surface area (Å²) in [5.74, 6) is 0. The van der Waals surface area contributed by atoms with Gasteiger partial charge in [-0.2, -0.15) is 0 Å². The summed E-state index contributed by atoms with van der Waals surface area (Å²) in [6.45, 7) is 2.06. The minimum atomic E-state index is 0.809. The lowest BCUT2D eigenvalue weighted by molar-refractivity contribution is 1.05. The highest BCUT2D eigenvalue weighted by Crippen LogP contribution is 2.20. The highest BCUT2D eigenvalue weighted by Gasteiger charge is 1.92. The Labute approximate surface area is 82.0 Å². The van der Waals surface area contributed by atoms with Gasteiger partial charge in [0.05, 0.1) is 17.6 Å². The Morgan fingerprint density at radius 3 is 2.92 bits per heavy atom. The SMILES string of the molecule is CN/C(C=Nc1csc(C)c1)=C/N. The van der Waals surface area contributed by atoms with Crippen molar-refractivity contribution in [2.75, 3.05) is 7.05 Å². The van der Waals surface area contributed by atoms with Gasteiger partial charge in [0.25, 0.3) is 0 Å². The van der Waals surface area contributed by atoms with Crippen LogP contribution in [0.25, 0.3) is 0 Å². The van der Waals surface area contributed by atoms with Crippen molar-refractivity contribution in [1.82, 2.24) is 5.32 Å². The number of allylic oxidation sites excluding steroid dienone is 1. The molecule has 0 saturated heterocycles. The van der Waals surface area contributed by atoms with E-state index in [-0.39, 0.29) is 0 Å². The van der Waals surface area contributed by atoms with E-state index in [1.807, 2.05) is 18.5 Å². The standard InChI is InChI=1S/C9H13N3S/c1-7-3-8(6-13-7)12-5-9(4-10)11-2/h3-6,11H,10H2,1-2H3/b9-4+,12-5?. The van der Waals surface area contributed by atoms with Crippen molar-refractivity contribution < 1.29 is 0 Å². The maximum absolute atomic E-state index is 5.34. The molecule has 1 aromatic heterocycles. The van der Waals surface area contributed by atoms with E-state index in [0.717, 1.165) is 11.4 Å². The third-order valence-corrected chi connectivity index (χ3v) is 2.39. The van der Waals surface area contributed by atoms with Gasteiger partial charge in [-0.25, -0.2) is 0 Å². The highest BCUT2D eigenvalue weighted by molar-refractivity contribution is 7.10. The predicted octanol–water partition coefficient (Wildman–Crippen LogP) is 1.78. The molecule has 0 fully saturated rings. The first kappa shape index (κ1) is 9.80. The minimum absolute atomic E-state index is 0.809. The topological polar surface area (TPSA) is 50.4 Å². The summed E-state index contributed by atoms with van der Waals surface area (Å²) < 4.78 is 0. The molecule has 0 radical (unpaired) electrons. The van der Waals surface area contributed by atoms with Gasteiger partial charge in [-0.3, -0.25) is 4.99 Å². The van der Waals surface area contributed by atoms with Crippen LogP contribution in [0.4, 0.5) is 5.69 Å². The second-order valence-electron chi connectivity index (χ2n) is 2.55. The molecule has 13 heavy (non-hydrogen) atoms. The summed E-state index contributed by atoms with van der Waals surface area (Å²) in [5, 5.41) is 4.93. The number of aryl methyl sites for hydroxylation is 1. The second-order valence-corrected chi connectivity index (χ2v) is 3.66. The van der Waals surface area contributed by atoms with Gasteiger partial charge in [0, 0.05) is 23.5 Å². The fraction of sp³-hybridized carbons (Fsp3) is 0.222. The van der Waals surface area contributed by atoms with Gasteiger partial charge in [0.1, 0.15) is 0 Å². The third kappa shape index (κ3) is 2.91. The minimum Gasteiger partial charge on any atom is -0.403 e. The Morgan fingerprint density at radius 2 is 2.46 bits per heavy atom. The molecular weight excluding hydrogens is 182 g/mol. The lowest BCUT2D eigenvalue weighted by atomic mass is 10.4. The van der Waals surface area contributed by atoms with Crippen LogP contribution >= 0.6 is 11.3 Å². The summed E-state index contributed by atoms with van der Waals surface area (Å²) >= 11 is 1.69. The molecule has 0 spiro atoms. The van der Waals surface area contributed by atoms with Crippen LogP contribution < -0.4 is 11.1 Å². The number of nitrogens with one attached hydrogen (secondary N) is 1. The molecule has 0 aromatic carbocycles. The van der Waals surface area contributed by atoms with Gasteiger partial charge in [-0.15, -0.1) is 11.3 Å². The summed E-state index contributed by atoms with van der Waals surface area (Å²) in [6.07, 6.45) is 3.20. The number of hydrogen-bond donors (Lipinski definition) is 2. The zero-order valence-corrected chi connectivity index (χ0v) is 8.56. The monoisotopic (exact) mass is 195 g/mol. The molecule has 0 bridgehead atoms. The van der Waals surface area contributed by atoms with E-state index in [4.69, 9.17) is 5.73 Å². The first-order valence-corrected chi connectivity index (χ1v) is 4.83. The second kappa shape index (κ2) is 4.67. The van der Waals surface area contributed by atoms with Gasteiger partial charge >= 0.3 is 0 Å². The average Bonchev–Trinajstić information content (AvgIpc) is 2.53. The van der Waals surface area contributed by atoms with Crippen molar-refractivity contribution in [3.8, 4) is 0 Å². The molecule has 4 heteroatoms. The van der Waals surface area contributed by atoms with Gasteiger partial charge < -0.3 is 11.1 Å². The van der Waals surface area contributed by atoms with Crippen molar-refractivity contribution in [2.45, 2.75) is 6.92 Å². The number of nitrogens with zero attached hydrogens (tertiary/aromatic N) is 1. The van der Waals surface area contributed by atoms with E-state index in [1.54, 1.807) is 17.6 Å². The molecule has 1 rings (SSSR count). The normalized spacial score (nSPS) is 12.3. The molecule has 70 valence electrons. The zero-order valence-electron chi connectivity index (χ0n) is 7.74. The molecule has 0 amide bonds. The maximum atomic E-state index is 5.34. The van der Waals surface area contributed by atoms with Crippen LogP contribution in [0.1, 0.15) is 4.88 Å². The van der Waals surface area contributed by atoms with E-state index in [2.05, 4.69) is 17.2 Å². The molecule has 0 saturated carbocycles. The summed E-state index contributed by atoms with van der Waals surface area (Å²) in [6, 6.07) is 2.03. The Balaban J connectivity index is 2.68. The fourth-order valence-electron chi connectivity index (χ4n) is 0.832. The first-order chi connectivity index (χ1) is 6.26. The summed E-state index contributed by atoms with van der Waals surface area (Å²) in [7, 11) is 1.81. The lowest BCUT2D eigenvalue weighted by Gasteiger charge is -1.95. The fourth-order valence-corrected chi connectivity index (χ4v) is 1.46. The number of nitrogens with two attached hydrogens (primary N) is 1. The molecule has 3 nitrogen and oxygen atoms in total. The van der Waals surface area contributed by atoms with Gasteiger partial charge in [0.2, 0.25) is 0 Å². The van der Waals surface area contributed by atoms with Crippen LogP contribution in [0.3, 0.4) is 0 Å². The van der Waals surface area contributed by atoms with E-state index in [9.17, 15) is 0 Å². The van der Waals surface area contributed by atoms with E-state index in [1.165, 1.54) is 11.1 Å². The predicted molar refractivity (Wildman–Crippen MR) is 58.5 cm³/mol. The Hall–Kier alpha value is -1.29. The number of aliphatic imine (C=N–C) groups is 1. The smallest absolute Gasteiger partial charge is 0.0740 e. The molecule has 0 aliphatic carbocycles. The van der Waals surface area contributed by atoms with Crippen LogP contribution in [0.5, 0.6) is 0 Å². The van der Waals surface area contributed by atoms with E-state index < -0.39 is 0 Å². The Bertz CT molecular complexity index is 325. The highest BCUT2D eigenvalue weighted by atomic mass is 32.1. The summed E-state index contributed by atoms with van der Waals surface area (Å²) in [5.41, 5.74) is 7.12. The molecule has 1 heterocycles. The van der Waals surface area contributed by atoms with E-state index >= 15 is 0 Å². The number of rotatable bonds is 3. The van der Waals surface area contributed by atoms with Crippen molar-refractivity contribution >= 4 is 23.2 Å². The first-order valence-electron chi connectivity index (χ1n) is 3.95. The largest absolute Gasteiger partial charge is 0.403 e. The van der Waals surface area contributed by atoms with Crippen LogP contribution in [-0.4, -0.2) is 13.3 Å². The van der Waals surface area contributed by atoms with Crippen molar-refractivity contribution in [3.05, 3.63) is 28.2 Å². The van der Waals surface area contributed by atoms with Crippen molar-refractivity contribution in [2.24, 2.45) is 10.7 Å². The summed E-state index contributed by atoms with van der Waals surface area (Å²) in [4.78, 5) is 5.50. The number of hydrogen-bond acceptors (Lipinski definition) is 4. The van der Waals surface area contributed by atoms with Gasteiger partial charge in [-0.1, -0.05) is 0 Å². The van der Waals surface area contributed by atoms with Crippen LogP contribution in [0.2, 0.25) is 0 Å². The van der Waals surface area contributed by atoms with Gasteiger partial charge in [-0.05, 0) is 13.0 Å².